The molecule has 8 heteroatoms. The topological polar surface area (TPSA) is 72.2 Å². The molecule has 0 unspecified atom stereocenters. The average molecular weight is 532 g/mol. The predicted molar refractivity (Wildman–Crippen MR) is 142 cm³/mol. The van der Waals surface area contributed by atoms with Crippen molar-refractivity contribution in [3.63, 3.8) is 0 Å². The number of benzene rings is 3. The van der Waals surface area contributed by atoms with Crippen molar-refractivity contribution in [1.29, 1.82) is 0 Å². The molecule has 1 heterocycles. The minimum Gasteiger partial charge on any atom is -0.272 e. The molecular formula is C26H22BrN5OS. The third kappa shape index (κ3) is 6.30. The third-order valence-corrected chi connectivity index (χ3v) is 6.13. The van der Waals surface area contributed by atoms with Gasteiger partial charge in [0.15, 0.2) is 11.0 Å². The first kappa shape index (κ1) is 23.7. The Morgan fingerprint density at radius 2 is 1.68 bits per heavy atom. The summed E-state index contributed by atoms with van der Waals surface area (Å²) in [5, 5.41) is 13.4. The highest BCUT2D eigenvalue weighted by Gasteiger charge is 2.17. The van der Waals surface area contributed by atoms with E-state index >= 15 is 0 Å². The monoisotopic (exact) mass is 531 g/mol. The minimum absolute atomic E-state index is 0.149. The first-order valence-electron chi connectivity index (χ1n) is 10.5. The number of hydrogen-bond acceptors (Lipinski definition) is 5. The lowest BCUT2D eigenvalue weighted by molar-refractivity contribution is -0.118. The number of aromatic nitrogens is 3. The molecule has 0 saturated carbocycles. The van der Waals surface area contributed by atoms with E-state index in [9.17, 15) is 4.79 Å². The second-order valence-electron chi connectivity index (χ2n) is 7.36. The lowest BCUT2D eigenvalue weighted by atomic mass is 10.2. The van der Waals surface area contributed by atoms with E-state index < -0.39 is 0 Å². The summed E-state index contributed by atoms with van der Waals surface area (Å²) in [4.78, 5) is 12.4. The first-order chi connectivity index (χ1) is 16.6. The van der Waals surface area contributed by atoms with Gasteiger partial charge in [0.05, 0.1) is 12.0 Å². The summed E-state index contributed by atoms with van der Waals surface area (Å²) < 4.78 is 2.72. The Kier molecular flexibility index (Phi) is 8.06. The van der Waals surface area contributed by atoms with Crippen LogP contribution in [-0.4, -0.2) is 32.6 Å². The molecule has 1 aromatic heterocycles. The maximum absolute atomic E-state index is 12.4. The second-order valence-corrected chi connectivity index (χ2v) is 9.22. The Balaban J connectivity index is 1.45. The van der Waals surface area contributed by atoms with Crippen molar-refractivity contribution in [3.05, 3.63) is 101 Å². The SMILES string of the molecule is Cc1ccc(-n2c(SCC(=O)N/N=C\C(Br)=C\c3ccccc3)nnc2-c2ccccc2)cc1. The zero-order valence-electron chi connectivity index (χ0n) is 18.4. The van der Waals surface area contributed by atoms with Gasteiger partial charge in [-0.15, -0.1) is 10.2 Å². The summed E-state index contributed by atoms with van der Waals surface area (Å²) >= 11 is 4.75. The fourth-order valence-electron chi connectivity index (χ4n) is 3.14. The van der Waals surface area contributed by atoms with Gasteiger partial charge in [-0.05, 0) is 46.6 Å². The number of nitrogens with one attached hydrogen (secondary N) is 1. The summed E-state index contributed by atoms with van der Waals surface area (Å²) in [6.07, 6.45) is 3.47. The molecule has 0 spiro atoms. The van der Waals surface area contributed by atoms with Gasteiger partial charge in [-0.1, -0.05) is 90.1 Å². The van der Waals surface area contributed by atoms with Gasteiger partial charge in [0.25, 0.3) is 5.91 Å². The molecule has 0 radical (unpaired) electrons. The standard InChI is InChI=1S/C26H22BrN5OS/c1-19-12-14-23(15-13-19)32-25(21-10-6-3-7-11-21)30-31-26(32)34-18-24(33)29-28-17-22(27)16-20-8-4-2-5-9-20/h2-17H,18H2,1H3,(H,29,33)/b22-16-,28-17-. The maximum atomic E-state index is 12.4. The highest BCUT2D eigenvalue weighted by atomic mass is 79.9. The Morgan fingerprint density at radius 3 is 2.38 bits per heavy atom. The molecule has 1 amide bonds. The van der Waals surface area contributed by atoms with Crippen LogP contribution in [0.5, 0.6) is 0 Å². The van der Waals surface area contributed by atoms with Crippen molar-refractivity contribution in [2.75, 3.05) is 5.75 Å². The molecule has 0 atom stereocenters. The van der Waals surface area contributed by atoms with Crippen LogP contribution in [0, 0.1) is 6.92 Å². The van der Waals surface area contributed by atoms with Crippen LogP contribution in [0.25, 0.3) is 23.2 Å². The molecule has 0 fully saturated rings. The van der Waals surface area contributed by atoms with Crippen LogP contribution < -0.4 is 5.43 Å². The number of allylic oxidation sites excluding steroid dienone is 1. The number of carbonyl (C=O) groups excluding carboxylic acids is 1. The highest BCUT2D eigenvalue weighted by Crippen LogP contribution is 2.28. The van der Waals surface area contributed by atoms with Crippen LogP contribution >= 0.6 is 27.7 Å². The van der Waals surface area contributed by atoms with E-state index in [1.165, 1.54) is 11.8 Å². The lowest BCUT2D eigenvalue weighted by Crippen LogP contribution is -2.19. The van der Waals surface area contributed by atoms with Crippen molar-refractivity contribution >= 4 is 45.9 Å². The van der Waals surface area contributed by atoms with E-state index in [0.29, 0.717) is 5.16 Å². The Hall–Kier alpha value is -3.49. The fourth-order valence-corrected chi connectivity index (χ4v) is 4.25. The lowest BCUT2D eigenvalue weighted by Gasteiger charge is -2.10. The number of nitrogens with zero attached hydrogens (tertiary/aromatic N) is 4. The molecule has 0 aliphatic rings. The van der Waals surface area contributed by atoms with Crippen LogP contribution in [-0.2, 0) is 4.79 Å². The zero-order valence-corrected chi connectivity index (χ0v) is 20.8. The predicted octanol–water partition coefficient (Wildman–Crippen LogP) is 5.87. The van der Waals surface area contributed by atoms with Gasteiger partial charge in [-0.3, -0.25) is 9.36 Å². The van der Waals surface area contributed by atoms with Crippen LogP contribution in [0.4, 0.5) is 0 Å². The second kappa shape index (κ2) is 11.6. The normalized spacial score (nSPS) is 11.6. The van der Waals surface area contributed by atoms with Crippen molar-refractivity contribution in [1.82, 2.24) is 20.2 Å². The fraction of sp³-hybridized carbons (Fsp3) is 0.0769. The number of carbonyl (C=O) groups is 1. The smallest absolute Gasteiger partial charge is 0.250 e. The van der Waals surface area contributed by atoms with Gasteiger partial charge in [0.2, 0.25) is 0 Å². The summed E-state index contributed by atoms with van der Waals surface area (Å²) in [6, 6.07) is 27.9. The van der Waals surface area contributed by atoms with E-state index in [-0.39, 0.29) is 11.7 Å². The quantitative estimate of drug-likeness (QED) is 0.175. The van der Waals surface area contributed by atoms with E-state index in [2.05, 4.69) is 36.7 Å². The summed E-state index contributed by atoms with van der Waals surface area (Å²) in [7, 11) is 0. The van der Waals surface area contributed by atoms with Crippen LogP contribution in [0.3, 0.4) is 0 Å². The third-order valence-electron chi connectivity index (χ3n) is 4.77. The van der Waals surface area contributed by atoms with Gasteiger partial charge >= 0.3 is 0 Å². The van der Waals surface area contributed by atoms with E-state index in [1.54, 1.807) is 6.21 Å². The number of thioether (sulfide) groups is 1. The summed E-state index contributed by atoms with van der Waals surface area (Å²) in [5.41, 5.74) is 6.64. The first-order valence-corrected chi connectivity index (χ1v) is 12.3. The molecule has 4 aromatic rings. The van der Waals surface area contributed by atoms with Crippen molar-refractivity contribution in [3.8, 4) is 17.1 Å². The number of hydrazone groups is 1. The van der Waals surface area contributed by atoms with Crippen molar-refractivity contribution < 1.29 is 4.79 Å². The number of hydrogen-bond donors (Lipinski definition) is 1. The summed E-state index contributed by atoms with van der Waals surface area (Å²) in [5.74, 6) is 0.636. The Bertz CT molecular complexity index is 1300. The molecule has 0 bridgehead atoms. The molecule has 170 valence electrons. The van der Waals surface area contributed by atoms with Gasteiger partial charge < -0.3 is 0 Å². The number of amides is 1. The Labute approximate surface area is 210 Å². The Morgan fingerprint density at radius 1 is 1.00 bits per heavy atom. The summed E-state index contributed by atoms with van der Waals surface area (Å²) in [6.45, 7) is 2.04. The minimum atomic E-state index is -0.235. The molecule has 0 aliphatic heterocycles. The largest absolute Gasteiger partial charge is 0.272 e. The van der Waals surface area contributed by atoms with Gasteiger partial charge in [-0.25, -0.2) is 5.43 Å². The van der Waals surface area contributed by atoms with E-state index in [0.717, 1.165) is 32.7 Å². The number of halogens is 1. The number of rotatable bonds is 8. The van der Waals surface area contributed by atoms with Gasteiger partial charge in [0, 0.05) is 15.7 Å². The molecule has 0 saturated heterocycles. The zero-order chi connectivity index (χ0) is 23.8. The number of aryl methyl sites for hydroxylation is 1. The van der Waals surface area contributed by atoms with Gasteiger partial charge in [0.1, 0.15) is 0 Å². The van der Waals surface area contributed by atoms with Crippen molar-refractivity contribution in [2.24, 2.45) is 5.10 Å². The van der Waals surface area contributed by atoms with E-state index in [1.807, 2.05) is 102 Å². The average Bonchev–Trinajstić information content (AvgIpc) is 3.28. The highest BCUT2D eigenvalue weighted by molar-refractivity contribution is 9.12. The van der Waals surface area contributed by atoms with Crippen LogP contribution in [0.1, 0.15) is 11.1 Å². The van der Waals surface area contributed by atoms with Crippen LogP contribution in [0.2, 0.25) is 0 Å². The van der Waals surface area contributed by atoms with E-state index in [4.69, 9.17) is 0 Å². The van der Waals surface area contributed by atoms with Gasteiger partial charge in [-0.2, -0.15) is 5.10 Å². The van der Waals surface area contributed by atoms with Crippen LogP contribution in [0.15, 0.2) is 99.7 Å². The molecule has 1 N–H and O–H groups in total. The molecule has 3 aromatic carbocycles. The molecular weight excluding hydrogens is 510 g/mol. The molecule has 6 nitrogen and oxygen atoms in total. The molecule has 34 heavy (non-hydrogen) atoms. The molecule has 0 aliphatic carbocycles. The molecule has 4 rings (SSSR count). The maximum Gasteiger partial charge on any atom is 0.250 e. The van der Waals surface area contributed by atoms with Crippen molar-refractivity contribution in [2.45, 2.75) is 12.1 Å².